The normalized spacial score (nSPS) is 20.0. The van der Waals surface area contributed by atoms with Crippen molar-refractivity contribution in [3.05, 3.63) is 47.5 Å². The zero-order valence-electron chi connectivity index (χ0n) is 14.4. The Morgan fingerprint density at radius 1 is 1.19 bits per heavy atom. The van der Waals surface area contributed by atoms with Gasteiger partial charge in [0, 0.05) is 13.1 Å². The van der Waals surface area contributed by atoms with Gasteiger partial charge in [0.15, 0.2) is 0 Å². The number of aryl methyl sites for hydroxylation is 1. The van der Waals surface area contributed by atoms with Crippen molar-refractivity contribution in [2.75, 3.05) is 11.4 Å². The predicted octanol–water partition coefficient (Wildman–Crippen LogP) is 2.28. The van der Waals surface area contributed by atoms with Gasteiger partial charge < -0.3 is 10.2 Å². The highest BCUT2D eigenvalue weighted by molar-refractivity contribution is 6.03. The van der Waals surface area contributed by atoms with Crippen LogP contribution in [0.1, 0.15) is 41.7 Å². The first-order chi connectivity index (χ1) is 12.6. The zero-order chi connectivity index (χ0) is 18.1. The molecule has 1 fully saturated rings. The predicted molar refractivity (Wildman–Crippen MR) is 94.4 cm³/mol. The quantitative estimate of drug-likeness (QED) is 0.917. The van der Waals surface area contributed by atoms with Gasteiger partial charge in [0.05, 0.1) is 23.1 Å². The summed E-state index contributed by atoms with van der Waals surface area (Å²) in [7, 11) is 0. The van der Waals surface area contributed by atoms with Crippen molar-refractivity contribution in [3.8, 4) is 0 Å². The summed E-state index contributed by atoms with van der Waals surface area (Å²) < 4.78 is 15.9. The number of piperidine rings is 1. The second kappa shape index (κ2) is 6.90. The number of benzene rings is 1. The minimum atomic E-state index is -0.644. The molecule has 2 aliphatic heterocycles. The van der Waals surface area contributed by atoms with Gasteiger partial charge in [-0.15, -0.1) is 0 Å². The molecule has 2 aliphatic rings. The number of nitrogens with one attached hydrogen (secondary N) is 1. The van der Waals surface area contributed by atoms with Gasteiger partial charge in [0.1, 0.15) is 11.9 Å². The Labute approximate surface area is 151 Å². The molecule has 7 heteroatoms. The Bertz CT molecular complexity index is 848. The van der Waals surface area contributed by atoms with Crippen LogP contribution in [0.25, 0.3) is 0 Å². The molecule has 2 aromatic rings. The maximum atomic E-state index is 14.1. The third-order valence-corrected chi connectivity index (χ3v) is 5.11. The van der Waals surface area contributed by atoms with E-state index in [2.05, 4.69) is 10.4 Å². The van der Waals surface area contributed by atoms with E-state index in [4.69, 9.17) is 0 Å². The summed E-state index contributed by atoms with van der Waals surface area (Å²) in [4.78, 5) is 26.9. The summed E-state index contributed by atoms with van der Waals surface area (Å²) in [5, 5.41) is 7.11. The molecule has 0 spiro atoms. The maximum absolute atomic E-state index is 14.1. The Hall–Kier alpha value is -2.70. The summed E-state index contributed by atoms with van der Waals surface area (Å²) in [5.41, 5.74) is 1.74. The lowest BCUT2D eigenvalue weighted by atomic mass is 10.0. The van der Waals surface area contributed by atoms with E-state index >= 15 is 0 Å². The number of anilines is 1. The van der Waals surface area contributed by atoms with Crippen molar-refractivity contribution < 1.29 is 14.0 Å². The van der Waals surface area contributed by atoms with Gasteiger partial charge in [-0.2, -0.15) is 5.10 Å². The third-order valence-electron chi connectivity index (χ3n) is 5.11. The molecular formula is C19H21FN4O2. The summed E-state index contributed by atoms with van der Waals surface area (Å²) in [5.74, 6) is -0.976. The molecule has 0 radical (unpaired) electrons. The smallest absolute Gasteiger partial charge is 0.255 e. The first kappa shape index (κ1) is 16.8. The lowest BCUT2D eigenvalue weighted by Crippen LogP contribution is -2.52. The lowest BCUT2D eigenvalue weighted by Gasteiger charge is -2.32. The van der Waals surface area contributed by atoms with Gasteiger partial charge in [0.25, 0.3) is 5.91 Å². The molecule has 4 rings (SSSR count). The van der Waals surface area contributed by atoms with Crippen LogP contribution in [0.15, 0.2) is 30.5 Å². The number of para-hydroxylation sites is 1. The second-order valence-corrected chi connectivity index (χ2v) is 6.79. The number of hydrogen-bond donors (Lipinski definition) is 1. The highest BCUT2D eigenvalue weighted by Crippen LogP contribution is 2.24. The molecule has 136 valence electrons. The Morgan fingerprint density at radius 3 is 2.88 bits per heavy atom. The molecule has 6 nitrogen and oxygen atoms in total. The van der Waals surface area contributed by atoms with E-state index in [1.54, 1.807) is 24.4 Å². The van der Waals surface area contributed by atoms with Crippen molar-refractivity contribution in [2.45, 2.75) is 44.7 Å². The minimum Gasteiger partial charge on any atom is -0.340 e. The fourth-order valence-electron chi connectivity index (χ4n) is 3.77. The molecule has 1 aromatic carbocycles. The zero-order valence-corrected chi connectivity index (χ0v) is 14.4. The van der Waals surface area contributed by atoms with E-state index in [9.17, 15) is 14.0 Å². The number of amides is 2. The largest absolute Gasteiger partial charge is 0.340 e. The standard InChI is InChI=1S/C19H21FN4O2/c20-14-6-1-2-9-17(14)23-10-5-7-15(19(23)26)22-18(25)13-12-21-24-11-4-3-8-16(13)24/h1-2,6,9,12,15H,3-5,7-8,10-11H2,(H,22,25). The molecule has 3 heterocycles. The summed E-state index contributed by atoms with van der Waals surface area (Å²) in [6.07, 6.45) is 5.76. The highest BCUT2D eigenvalue weighted by Gasteiger charge is 2.33. The van der Waals surface area contributed by atoms with Crippen molar-refractivity contribution in [2.24, 2.45) is 0 Å². The molecule has 0 aliphatic carbocycles. The number of carbonyl (C=O) groups is 2. The molecule has 1 aromatic heterocycles. The third kappa shape index (κ3) is 2.98. The van der Waals surface area contributed by atoms with Gasteiger partial charge >= 0.3 is 0 Å². The number of hydrogen-bond acceptors (Lipinski definition) is 3. The van der Waals surface area contributed by atoms with Crippen LogP contribution >= 0.6 is 0 Å². The average molecular weight is 356 g/mol. The van der Waals surface area contributed by atoms with Gasteiger partial charge in [-0.1, -0.05) is 12.1 Å². The van der Waals surface area contributed by atoms with Gasteiger partial charge in [0.2, 0.25) is 5.91 Å². The fourth-order valence-corrected chi connectivity index (χ4v) is 3.77. The Morgan fingerprint density at radius 2 is 2.04 bits per heavy atom. The van der Waals surface area contributed by atoms with Crippen LogP contribution in [0.3, 0.4) is 0 Å². The fraction of sp³-hybridized carbons (Fsp3) is 0.421. The Balaban J connectivity index is 1.51. The summed E-state index contributed by atoms with van der Waals surface area (Å²) in [6.45, 7) is 1.28. The van der Waals surface area contributed by atoms with E-state index in [0.29, 0.717) is 24.9 Å². The van der Waals surface area contributed by atoms with Crippen molar-refractivity contribution >= 4 is 17.5 Å². The first-order valence-corrected chi connectivity index (χ1v) is 9.06. The number of halogens is 1. The second-order valence-electron chi connectivity index (χ2n) is 6.79. The molecule has 1 unspecified atom stereocenters. The van der Waals surface area contributed by atoms with Crippen LogP contribution in [0.2, 0.25) is 0 Å². The molecular weight excluding hydrogens is 335 g/mol. The molecule has 1 atom stereocenters. The van der Waals surface area contributed by atoms with Gasteiger partial charge in [-0.25, -0.2) is 4.39 Å². The summed E-state index contributed by atoms with van der Waals surface area (Å²) >= 11 is 0. The first-order valence-electron chi connectivity index (χ1n) is 9.06. The van der Waals surface area contributed by atoms with E-state index in [0.717, 1.165) is 31.5 Å². The van der Waals surface area contributed by atoms with Gasteiger partial charge in [-0.05, 0) is 44.2 Å². The number of rotatable bonds is 3. The molecule has 0 bridgehead atoms. The van der Waals surface area contributed by atoms with Crippen LogP contribution in [-0.4, -0.2) is 34.2 Å². The van der Waals surface area contributed by atoms with Crippen LogP contribution < -0.4 is 10.2 Å². The van der Waals surface area contributed by atoms with Crippen molar-refractivity contribution in [1.29, 1.82) is 0 Å². The highest BCUT2D eigenvalue weighted by atomic mass is 19.1. The van der Waals surface area contributed by atoms with Crippen LogP contribution in [0.5, 0.6) is 0 Å². The average Bonchev–Trinajstić information content (AvgIpc) is 3.08. The SMILES string of the molecule is O=C(NC1CCCN(c2ccccc2F)C1=O)c1cnn2c1CCCC2. The van der Waals surface area contributed by atoms with E-state index in [1.807, 2.05) is 4.68 Å². The number of fused-ring (bicyclic) bond motifs is 1. The monoisotopic (exact) mass is 356 g/mol. The molecule has 26 heavy (non-hydrogen) atoms. The molecule has 1 N–H and O–H groups in total. The number of carbonyl (C=O) groups excluding carboxylic acids is 2. The van der Waals surface area contributed by atoms with Crippen LogP contribution in [-0.2, 0) is 17.8 Å². The molecule has 1 saturated heterocycles. The van der Waals surface area contributed by atoms with Crippen LogP contribution in [0.4, 0.5) is 10.1 Å². The number of aromatic nitrogens is 2. The minimum absolute atomic E-state index is 0.263. The topological polar surface area (TPSA) is 67.2 Å². The summed E-state index contributed by atoms with van der Waals surface area (Å²) in [6, 6.07) is 5.58. The van der Waals surface area contributed by atoms with Crippen LogP contribution in [0, 0.1) is 5.82 Å². The lowest BCUT2D eigenvalue weighted by molar-refractivity contribution is -0.121. The van der Waals surface area contributed by atoms with Crippen molar-refractivity contribution in [1.82, 2.24) is 15.1 Å². The maximum Gasteiger partial charge on any atom is 0.255 e. The molecule has 0 saturated carbocycles. The van der Waals surface area contributed by atoms with Crippen molar-refractivity contribution in [3.63, 3.8) is 0 Å². The van der Waals surface area contributed by atoms with E-state index < -0.39 is 11.9 Å². The number of nitrogens with zero attached hydrogens (tertiary/aromatic N) is 3. The Kier molecular flexibility index (Phi) is 4.44. The molecule has 2 amide bonds. The van der Waals surface area contributed by atoms with E-state index in [-0.39, 0.29) is 17.5 Å². The van der Waals surface area contributed by atoms with E-state index in [1.165, 1.54) is 11.0 Å². The van der Waals surface area contributed by atoms with Gasteiger partial charge in [-0.3, -0.25) is 14.3 Å².